The van der Waals surface area contributed by atoms with E-state index in [-0.39, 0.29) is 6.01 Å². The molecule has 0 aliphatic rings. The topological polar surface area (TPSA) is 69.3 Å². The summed E-state index contributed by atoms with van der Waals surface area (Å²) < 4.78 is 16.3. The van der Waals surface area contributed by atoms with Crippen molar-refractivity contribution in [3.05, 3.63) is 30.3 Å². The van der Waals surface area contributed by atoms with Gasteiger partial charge in [-0.1, -0.05) is 30.3 Å². The molecule has 2 aromatic rings. The second kappa shape index (κ2) is 6.95. The van der Waals surface area contributed by atoms with Crippen molar-refractivity contribution in [1.29, 1.82) is 0 Å². The molecule has 0 saturated carbocycles. The Morgan fingerprint density at radius 2 is 1.80 bits per heavy atom. The second-order valence-electron chi connectivity index (χ2n) is 3.71. The summed E-state index contributed by atoms with van der Waals surface area (Å²) in [7, 11) is 0. The zero-order valence-electron chi connectivity index (χ0n) is 11.3. The van der Waals surface area contributed by atoms with Gasteiger partial charge in [-0.2, -0.15) is 4.98 Å². The Kier molecular flexibility index (Phi) is 5.25. The van der Waals surface area contributed by atoms with Crippen LogP contribution in [-0.4, -0.2) is 28.4 Å². The lowest BCUT2D eigenvalue weighted by atomic mass is 10.2. The minimum atomic E-state index is -2.83. The van der Waals surface area contributed by atoms with Crippen LogP contribution in [0.3, 0.4) is 0 Å². The highest BCUT2D eigenvalue weighted by atomic mass is 32.5. The standard InChI is InChI=1S/C12H16N3O3PS/c1-3-16-19(20,17-4-2)18-12-13-11(14-15-12)10-8-6-5-7-9-10/h5-9H,3-4H2,1-2H3,(H,13,14,15). The van der Waals surface area contributed by atoms with Crippen LogP contribution >= 0.6 is 6.72 Å². The van der Waals surface area contributed by atoms with Crippen LogP contribution in [0.4, 0.5) is 0 Å². The first-order valence-electron chi connectivity index (χ1n) is 6.23. The molecule has 0 amide bonds. The summed E-state index contributed by atoms with van der Waals surface area (Å²) in [6, 6.07) is 9.75. The summed E-state index contributed by atoms with van der Waals surface area (Å²) in [5, 5.41) is 6.79. The van der Waals surface area contributed by atoms with E-state index >= 15 is 0 Å². The average molecular weight is 313 g/mol. The first-order chi connectivity index (χ1) is 9.67. The molecule has 0 unspecified atom stereocenters. The molecular weight excluding hydrogens is 297 g/mol. The molecule has 6 nitrogen and oxygen atoms in total. The summed E-state index contributed by atoms with van der Waals surface area (Å²) >= 11 is 5.26. The van der Waals surface area contributed by atoms with Crippen molar-refractivity contribution in [1.82, 2.24) is 15.2 Å². The molecule has 0 spiro atoms. The van der Waals surface area contributed by atoms with Crippen molar-refractivity contribution < 1.29 is 13.6 Å². The van der Waals surface area contributed by atoms with E-state index in [2.05, 4.69) is 15.2 Å². The molecule has 0 saturated heterocycles. The Hall–Kier alpha value is -1.27. The Morgan fingerprint density at radius 1 is 1.15 bits per heavy atom. The monoisotopic (exact) mass is 313 g/mol. The number of aromatic nitrogens is 3. The number of benzene rings is 1. The van der Waals surface area contributed by atoms with Crippen molar-refractivity contribution in [2.24, 2.45) is 0 Å². The first-order valence-corrected chi connectivity index (χ1v) is 8.79. The lowest BCUT2D eigenvalue weighted by Crippen LogP contribution is -2.02. The van der Waals surface area contributed by atoms with Gasteiger partial charge in [0.1, 0.15) is 0 Å². The minimum Gasteiger partial charge on any atom is -0.388 e. The van der Waals surface area contributed by atoms with Crippen molar-refractivity contribution in [2.75, 3.05) is 13.2 Å². The number of nitrogens with zero attached hydrogens (tertiary/aromatic N) is 2. The zero-order chi connectivity index (χ0) is 14.4. The van der Waals surface area contributed by atoms with Gasteiger partial charge in [0.15, 0.2) is 5.82 Å². The lowest BCUT2D eigenvalue weighted by Gasteiger charge is -2.18. The van der Waals surface area contributed by atoms with Gasteiger partial charge in [0, 0.05) is 17.4 Å². The Balaban J connectivity index is 2.15. The Morgan fingerprint density at radius 3 is 2.40 bits per heavy atom. The number of nitrogens with one attached hydrogen (secondary N) is 1. The van der Waals surface area contributed by atoms with Crippen molar-refractivity contribution in [3.8, 4) is 17.4 Å². The van der Waals surface area contributed by atoms with E-state index in [1.165, 1.54) is 0 Å². The normalized spacial score (nSPS) is 11.5. The van der Waals surface area contributed by atoms with E-state index in [1.807, 2.05) is 44.2 Å². The van der Waals surface area contributed by atoms with Gasteiger partial charge in [-0.05, 0) is 13.8 Å². The van der Waals surface area contributed by atoms with Gasteiger partial charge in [0.05, 0.1) is 13.2 Å². The molecule has 8 heteroatoms. The maximum absolute atomic E-state index is 5.51. The maximum atomic E-state index is 5.51. The van der Waals surface area contributed by atoms with Gasteiger partial charge in [0.2, 0.25) is 0 Å². The van der Waals surface area contributed by atoms with Gasteiger partial charge < -0.3 is 4.52 Å². The molecule has 2 rings (SSSR count). The van der Waals surface area contributed by atoms with E-state index in [9.17, 15) is 0 Å². The molecule has 1 aromatic heterocycles. The highest BCUT2D eigenvalue weighted by Gasteiger charge is 2.23. The van der Waals surface area contributed by atoms with E-state index in [0.717, 1.165) is 5.56 Å². The molecule has 0 aliphatic heterocycles. The van der Waals surface area contributed by atoms with Crippen LogP contribution in [0.5, 0.6) is 6.01 Å². The fourth-order valence-corrected chi connectivity index (χ4v) is 3.45. The molecule has 1 N–H and O–H groups in total. The average Bonchev–Trinajstić information content (AvgIpc) is 2.88. The van der Waals surface area contributed by atoms with E-state index in [0.29, 0.717) is 19.0 Å². The number of H-pyrrole nitrogens is 1. The predicted molar refractivity (Wildman–Crippen MR) is 80.0 cm³/mol. The van der Waals surface area contributed by atoms with Crippen molar-refractivity contribution in [3.63, 3.8) is 0 Å². The summed E-state index contributed by atoms with van der Waals surface area (Å²) in [6.45, 7) is 1.65. The van der Waals surface area contributed by atoms with E-state index in [4.69, 9.17) is 25.4 Å². The van der Waals surface area contributed by atoms with Crippen molar-refractivity contribution >= 4 is 18.5 Å². The molecule has 108 valence electrons. The van der Waals surface area contributed by atoms with Crippen LogP contribution < -0.4 is 4.52 Å². The van der Waals surface area contributed by atoms with Gasteiger partial charge in [-0.15, -0.1) is 5.10 Å². The van der Waals surface area contributed by atoms with Gasteiger partial charge in [0.25, 0.3) is 0 Å². The molecule has 0 aliphatic carbocycles. The van der Waals surface area contributed by atoms with Crippen LogP contribution in [0, 0.1) is 0 Å². The fourth-order valence-electron chi connectivity index (χ4n) is 1.52. The van der Waals surface area contributed by atoms with Gasteiger partial charge in [-0.25, -0.2) is 0 Å². The lowest BCUT2D eigenvalue weighted by molar-refractivity contribution is 0.214. The molecule has 20 heavy (non-hydrogen) atoms. The second-order valence-corrected chi connectivity index (χ2v) is 6.64. The Labute approximate surface area is 122 Å². The highest BCUT2D eigenvalue weighted by Crippen LogP contribution is 2.48. The predicted octanol–water partition coefficient (Wildman–Crippen LogP) is 3.15. The molecular formula is C12H16N3O3PS. The maximum Gasteiger partial charge on any atom is 0.382 e. The smallest absolute Gasteiger partial charge is 0.382 e. The third-order valence-corrected chi connectivity index (χ3v) is 4.67. The van der Waals surface area contributed by atoms with Crippen LogP contribution in [-0.2, 0) is 20.9 Å². The minimum absolute atomic E-state index is 0.133. The number of hydrogen-bond donors (Lipinski definition) is 1. The molecule has 0 radical (unpaired) electrons. The SMILES string of the molecule is CCOP(=S)(OCC)Oc1n[nH]c(-c2ccccc2)n1. The third kappa shape index (κ3) is 3.86. The third-order valence-electron chi connectivity index (χ3n) is 2.28. The van der Waals surface area contributed by atoms with Crippen LogP contribution in [0.1, 0.15) is 13.8 Å². The number of rotatable bonds is 7. The summed E-state index contributed by atoms with van der Waals surface area (Å²) in [5.74, 6) is 0.607. The Bertz CT molecular complexity index is 581. The van der Waals surface area contributed by atoms with E-state index in [1.54, 1.807) is 0 Å². The number of hydrogen-bond acceptors (Lipinski definition) is 6. The molecule has 1 aromatic carbocycles. The van der Waals surface area contributed by atoms with Gasteiger partial charge >= 0.3 is 12.7 Å². The summed E-state index contributed by atoms with van der Waals surface area (Å²) in [5.41, 5.74) is 0.913. The molecule has 0 bridgehead atoms. The number of aromatic amines is 1. The fraction of sp³-hybridized carbons (Fsp3) is 0.333. The molecule has 0 atom stereocenters. The van der Waals surface area contributed by atoms with Gasteiger partial charge in [-0.3, -0.25) is 14.1 Å². The summed E-state index contributed by atoms with van der Waals surface area (Å²) in [6.07, 6.45) is 0. The largest absolute Gasteiger partial charge is 0.388 e. The highest BCUT2D eigenvalue weighted by molar-refractivity contribution is 8.07. The van der Waals surface area contributed by atoms with Crippen molar-refractivity contribution in [2.45, 2.75) is 13.8 Å². The van der Waals surface area contributed by atoms with Crippen LogP contribution in [0.15, 0.2) is 30.3 Å². The van der Waals surface area contributed by atoms with Crippen LogP contribution in [0.2, 0.25) is 0 Å². The molecule has 1 heterocycles. The molecule has 0 fully saturated rings. The first kappa shape index (κ1) is 15.1. The zero-order valence-corrected chi connectivity index (χ0v) is 13.0. The quantitative estimate of drug-likeness (QED) is 0.792. The summed E-state index contributed by atoms with van der Waals surface area (Å²) in [4.78, 5) is 4.24. The van der Waals surface area contributed by atoms with Crippen LogP contribution in [0.25, 0.3) is 11.4 Å². The van der Waals surface area contributed by atoms with E-state index < -0.39 is 6.72 Å².